The molecule has 3 atom stereocenters. The van der Waals surface area contributed by atoms with Crippen LogP contribution in [0.4, 0.5) is 13.2 Å². The van der Waals surface area contributed by atoms with Gasteiger partial charge >= 0.3 is 6.18 Å². The predicted octanol–water partition coefficient (Wildman–Crippen LogP) is 0.563. The van der Waals surface area contributed by atoms with Crippen molar-refractivity contribution < 1.29 is 21.6 Å². The van der Waals surface area contributed by atoms with E-state index in [0.29, 0.717) is 25.6 Å². The van der Waals surface area contributed by atoms with Crippen LogP contribution in [-0.2, 0) is 10.2 Å². The van der Waals surface area contributed by atoms with Gasteiger partial charge in [0.05, 0.1) is 0 Å². The minimum absolute atomic E-state index is 0. The van der Waals surface area contributed by atoms with Crippen LogP contribution in [0.5, 0.6) is 0 Å². The Kier molecular flexibility index (Phi) is 6.41. The largest absolute Gasteiger partial charge is 0.405 e. The van der Waals surface area contributed by atoms with Crippen LogP contribution in [-0.4, -0.2) is 75.2 Å². The zero-order valence-electron chi connectivity index (χ0n) is 13.3. The Hall–Kier alpha value is -0.130. The SMILES string of the molecule is Cl.O=S(=O)(NCC(N1CCNCC1)C(F)(F)F)N1CC2CCC1C2. The van der Waals surface area contributed by atoms with Crippen molar-refractivity contribution in [3.63, 3.8) is 0 Å². The predicted molar refractivity (Wildman–Crippen MR) is 86.3 cm³/mol. The first-order chi connectivity index (χ1) is 10.8. The fraction of sp³-hybridized carbons (Fsp3) is 1.00. The lowest BCUT2D eigenvalue weighted by molar-refractivity contribution is -0.182. The summed E-state index contributed by atoms with van der Waals surface area (Å²) < 4.78 is 68.2. The monoisotopic (exact) mass is 392 g/mol. The Bertz CT molecular complexity index is 528. The molecular weight excluding hydrogens is 369 g/mol. The molecular formula is C13H24ClF3N4O2S. The van der Waals surface area contributed by atoms with Crippen LogP contribution in [0.1, 0.15) is 19.3 Å². The Morgan fingerprint density at radius 3 is 2.38 bits per heavy atom. The van der Waals surface area contributed by atoms with Gasteiger partial charge in [-0.25, -0.2) is 4.72 Å². The molecule has 142 valence electrons. The van der Waals surface area contributed by atoms with Crippen LogP contribution < -0.4 is 10.0 Å². The van der Waals surface area contributed by atoms with Gasteiger partial charge in [-0.3, -0.25) is 4.90 Å². The summed E-state index contributed by atoms with van der Waals surface area (Å²) in [6.45, 7) is 1.30. The Balaban J connectivity index is 0.00000208. The molecule has 2 N–H and O–H groups in total. The first-order valence-corrected chi connectivity index (χ1v) is 9.49. The lowest BCUT2D eigenvalue weighted by Gasteiger charge is -2.36. The molecule has 11 heteroatoms. The number of hydrogen-bond donors (Lipinski definition) is 2. The number of alkyl halides is 3. The van der Waals surface area contributed by atoms with Gasteiger partial charge < -0.3 is 5.32 Å². The molecule has 0 radical (unpaired) electrons. The summed E-state index contributed by atoms with van der Waals surface area (Å²) in [5.41, 5.74) is 0. The number of hydrogen-bond acceptors (Lipinski definition) is 4. The van der Waals surface area contributed by atoms with Gasteiger partial charge in [-0.15, -0.1) is 12.4 Å². The van der Waals surface area contributed by atoms with Gasteiger partial charge in [0.1, 0.15) is 6.04 Å². The molecule has 1 saturated carbocycles. The second-order valence-electron chi connectivity index (χ2n) is 6.60. The lowest BCUT2D eigenvalue weighted by atomic mass is 10.1. The van der Waals surface area contributed by atoms with E-state index in [1.54, 1.807) is 0 Å². The van der Waals surface area contributed by atoms with Gasteiger partial charge in [0.15, 0.2) is 0 Å². The summed E-state index contributed by atoms with van der Waals surface area (Å²) in [5, 5.41) is 3.00. The second-order valence-corrected chi connectivity index (χ2v) is 8.31. The first kappa shape index (κ1) is 20.2. The topological polar surface area (TPSA) is 64.7 Å². The van der Waals surface area contributed by atoms with Crippen molar-refractivity contribution >= 4 is 22.6 Å². The number of piperazine rings is 1. The highest BCUT2D eigenvalue weighted by molar-refractivity contribution is 7.87. The molecule has 1 aliphatic carbocycles. The van der Waals surface area contributed by atoms with Gasteiger partial charge in [-0.2, -0.15) is 25.9 Å². The molecule has 6 nitrogen and oxygen atoms in total. The molecule has 3 rings (SSSR count). The molecule has 3 unspecified atom stereocenters. The third-order valence-electron chi connectivity index (χ3n) is 5.10. The van der Waals surface area contributed by atoms with E-state index in [-0.39, 0.29) is 31.5 Å². The quantitative estimate of drug-likeness (QED) is 0.717. The number of nitrogens with zero attached hydrogens (tertiary/aromatic N) is 2. The fourth-order valence-corrected chi connectivity index (χ4v) is 5.41. The van der Waals surface area contributed by atoms with Crippen LogP contribution >= 0.6 is 12.4 Å². The maximum Gasteiger partial charge on any atom is 0.405 e. The number of rotatable bonds is 5. The van der Waals surface area contributed by atoms with Crippen molar-refractivity contribution in [3.8, 4) is 0 Å². The maximum atomic E-state index is 13.3. The van der Waals surface area contributed by atoms with Gasteiger partial charge in [-0.05, 0) is 25.2 Å². The zero-order valence-corrected chi connectivity index (χ0v) is 14.9. The van der Waals surface area contributed by atoms with Crippen molar-refractivity contribution in [3.05, 3.63) is 0 Å². The molecule has 3 aliphatic rings. The van der Waals surface area contributed by atoms with E-state index in [4.69, 9.17) is 0 Å². The number of fused-ring (bicyclic) bond motifs is 2. The van der Waals surface area contributed by atoms with Crippen molar-refractivity contribution in [2.24, 2.45) is 5.92 Å². The highest BCUT2D eigenvalue weighted by Crippen LogP contribution is 2.38. The normalized spacial score (nSPS) is 30.3. The Labute approximate surface area is 146 Å². The van der Waals surface area contributed by atoms with Crippen LogP contribution in [0.15, 0.2) is 0 Å². The van der Waals surface area contributed by atoms with Crippen LogP contribution in [0.25, 0.3) is 0 Å². The molecule has 0 aromatic heterocycles. The van der Waals surface area contributed by atoms with E-state index in [1.165, 1.54) is 9.21 Å². The van der Waals surface area contributed by atoms with Crippen molar-refractivity contribution in [2.45, 2.75) is 37.5 Å². The molecule has 3 fully saturated rings. The molecule has 0 aromatic rings. The van der Waals surface area contributed by atoms with Gasteiger partial charge in [-0.1, -0.05) is 0 Å². The second kappa shape index (κ2) is 7.63. The summed E-state index contributed by atoms with van der Waals surface area (Å²) in [7, 11) is -3.84. The van der Waals surface area contributed by atoms with Crippen molar-refractivity contribution in [1.82, 2.24) is 19.2 Å². The molecule has 0 aromatic carbocycles. The minimum Gasteiger partial charge on any atom is -0.314 e. The third-order valence-corrected chi connectivity index (χ3v) is 6.69. The minimum atomic E-state index is -4.45. The van der Waals surface area contributed by atoms with Gasteiger partial charge in [0, 0.05) is 45.3 Å². The van der Waals surface area contributed by atoms with Crippen molar-refractivity contribution in [2.75, 3.05) is 39.3 Å². The molecule has 2 bridgehead atoms. The summed E-state index contributed by atoms with van der Waals surface area (Å²) in [4.78, 5) is 1.30. The highest BCUT2D eigenvalue weighted by Gasteiger charge is 2.47. The summed E-state index contributed by atoms with van der Waals surface area (Å²) in [6.07, 6.45) is -1.79. The van der Waals surface area contributed by atoms with Crippen molar-refractivity contribution in [1.29, 1.82) is 0 Å². The summed E-state index contributed by atoms with van der Waals surface area (Å²) >= 11 is 0. The fourth-order valence-electron chi connectivity index (χ4n) is 3.89. The average Bonchev–Trinajstić information content (AvgIpc) is 3.10. The molecule has 2 heterocycles. The van der Waals surface area contributed by atoms with E-state index < -0.39 is 29.0 Å². The Morgan fingerprint density at radius 1 is 1.21 bits per heavy atom. The third kappa shape index (κ3) is 4.34. The van der Waals surface area contributed by atoms with Gasteiger partial charge in [0.25, 0.3) is 10.2 Å². The smallest absolute Gasteiger partial charge is 0.314 e. The van der Waals surface area contributed by atoms with Crippen LogP contribution in [0, 0.1) is 5.92 Å². The van der Waals surface area contributed by atoms with E-state index in [9.17, 15) is 21.6 Å². The summed E-state index contributed by atoms with van der Waals surface area (Å²) in [6, 6.07) is -1.82. The zero-order chi connectivity index (χ0) is 16.7. The average molecular weight is 393 g/mol. The maximum absolute atomic E-state index is 13.3. The van der Waals surface area contributed by atoms with Crippen LogP contribution in [0.2, 0.25) is 0 Å². The molecule has 0 spiro atoms. The molecule has 24 heavy (non-hydrogen) atoms. The molecule has 0 amide bonds. The Morgan fingerprint density at radius 2 is 1.88 bits per heavy atom. The molecule has 2 aliphatic heterocycles. The van der Waals surface area contributed by atoms with E-state index >= 15 is 0 Å². The number of piperidine rings is 1. The molecule has 2 saturated heterocycles. The number of halogens is 4. The lowest BCUT2D eigenvalue weighted by Crippen LogP contribution is -2.58. The van der Waals surface area contributed by atoms with Crippen LogP contribution in [0.3, 0.4) is 0 Å². The standard InChI is InChI=1S/C13H23F3N4O2S.ClH/c14-13(15,16)12(19-5-3-17-4-6-19)8-18-23(21,22)20-9-10-1-2-11(20)7-10;/h10-12,17-18H,1-9H2;1H. The highest BCUT2D eigenvalue weighted by atomic mass is 35.5. The number of nitrogens with one attached hydrogen (secondary N) is 2. The van der Waals surface area contributed by atoms with Gasteiger partial charge in [0.2, 0.25) is 0 Å². The summed E-state index contributed by atoms with van der Waals surface area (Å²) in [5.74, 6) is 0.364. The van der Waals surface area contributed by atoms with E-state index in [2.05, 4.69) is 10.0 Å². The van der Waals surface area contributed by atoms with E-state index in [1.807, 2.05) is 0 Å². The first-order valence-electron chi connectivity index (χ1n) is 8.05. The van der Waals surface area contributed by atoms with E-state index in [0.717, 1.165) is 19.3 Å².